The standard InChI is InChI=1S/C11H14O7/c1-6(12)17-8-4-9(11(14)15-3)16-5-10(8)18-7(2)13/h4,8,10H,5H2,1-3H3/t8-,10+/m0/s1. The highest BCUT2D eigenvalue weighted by Gasteiger charge is 2.33. The molecule has 7 heteroatoms. The van der Waals surface area contributed by atoms with Gasteiger partial charge in [-0.2, -0.15) is 0 Å². The van der Waals surface area contributed by atoms with Crippen molar-refractivity contribution in [3.8, 4) is 0 Å². The third kappa shape index (κ3) is 3.76. The quantitative estimate of drug-likeness (QED) is 0.517. The zero-order chi connectivity index (χ0) is 13.7. The molecular weight excluding hydrogens is 244 g/mol. The lowest BCUT2D eigenvalue weighted by atomic mass is 10.1. The number of methoxy groups -OCH3 is 1. The van der Waals surface area contributed by atoms with Crippen LogP contribution in [0.2, 0.25) is 0 Å². The van der Waals surface area contributed by atoms with E-state index in [9.17, 15) is 14.4 Å². The molecule has 2 atom stereocenters. The zero-order valence-corrected chi connectivity index (χ0v) is 10.3. The van der Waals surface area contributed by atoms with E-state index in [1.807, 2.05) is 0 Å². The third-order valence-electron chi connectivity index (χ3n) is 2.09. The molecule has 100 valence electrons. The van der Waals surface area contributed by atoms with Crippen LogP contribution in [0.5, 0.6) is 0 Å². The number of carbonyl (C=O) groups excluding carboxylic acids is 3. The van der Waals surface area contributed by atoms with Crippen molar-refractivity contribution in [3.63, 3.8) is 0 Å². The fourth-order valence-corrected chi connectivity index (χ4v) is 1.41. The highest BCUT2D eigenvalue weighted by atomic mass is 16.6. The fourth-order valence-electron chi connectivity index (χ4n) is 1.41. The molecule has 0 unspecified atom stereocenters. The number of rotatable bonds is 3. The third-order valence-corrected chi connectivity index (χ3v) is 2.09. The minimum absolute atomic E-state index is 0.0767. The smallest absolute Gasteiger partial charge is 0.373 e. The molecule has 0 fully saturated rings. The van der Waals surface area contributed by atoms with Gasteiger partial charge in [0.05, 0.1) is 7.11 Å². The topological polar surface area (TPSA) is 88.1 Å². The lowest BCUT2D eigenvalue weighted by Gasteiger charge is -2.28. The Labute approximate surface area is 104 Å². The van der Waals surface area contributed by atoms with Gasteiger partial charge in [-0.1, -0.05) is 0 Å². The number of carbonyl (C=O) groups is 3. The Hall–Kier alpha value is -2.05. The van der Waals surface area contributed by atoms with Gasteiger partial charge in [-0.3, -0.25) is 9.59 Å². The van der Waals surface area contributed by atoms with Crippen molar-refractivity contribution in [1.29, 1.82) is 0 Å². The molecule has 0 saturated carbocycles. The second kappa shape index (κ2) is 6.04. The van der Waals surface area contributed by atoms with Crippen LogP contribution in [0, 0.1) is 0 Å². The first-order valence-corrected chi connectivity index (χ1v) is 5.21. The van der Waals surface area contributed by atoms with E-state index in [0.717, 1.165) is 0 Å². The molecule has 0 radical (unpaired) electrons. The fraction of sp³-hybridized carbons (Fsp3) is 0.545. The molecule has 0 saturated heterocycles. The van der Waals surface area contributed by atoms with E-state index >= 15 is 0 Å². The Balaban J connectivity index is 2.85. The van der Waals surface area contributed by atoms with Crippen LogP contribution < -0.4 is 0 Å². The van der Waals surface area contributed by atoms with Crippen LogP contribution in [-0.2, 0) is 33.3 Å². The van der Waals surface area contributed by atoms with Crippen molar-refractivity contribution in [1.82, 2.24) is 0 Å². The van der Waals surface area contributed by atoms with E-state index < -0.39 is 30.1 Å². The molecule has 18 heavy (non-hydrogen) atoms. The van der Waals surface area contributed by atoms with Crippen molar-refractivity contribution in [2.75, 3.05) is 13.7 Å². The number of ether oxygens (including phenoxy) is 4. The molecule has 0 aromatic carbocycles. The molecule has 0 bridgehead atoms. The molecule has 0 aromatic heterocycles. The second-order valence-corrected chi connectivity index (χ2v) is 3.56. The number of hydrogen-bond donors (Lipinski definition) is 0. The number of esters is 3. The summed E-state index contributed by atoms with van der Waals surface area (Å²) >= 11 is 0. The minimum atomic E-state index is -0.866. The van der Waals surface area contributed by atoms with Crippen LogP contribution in [0.3, 0.4) is 0 Å². The van der Waals surface area contributed by atoms with Crippen LogP contribution >= 0.6 is 0 Å². The van der Waals surface area contributed by atoms with Crippen LogP contribution in [0.1, 0.15) is 13.8 Å². The van der Waals surface area contributed by atoms with E-state index in [2.05, 4.69) is 4.74 Å². The van der Waals surface area contributed by atoms with Crippen LogP contribution in [0.4, 0.5) is 0 Å². The SMILES string of the molecule is COC(=O)C1=C[C@H](OC(C)=O)[C@H](OC(C)=O)CO1. The normalized spacial score (nSPS) is 22.3. The van der Waals surface area contributed by atoms with E-state index in [0.29, 0.717) is 0 Å². The molecule has 1 aliphatic heterocycles. The number of hydrogen-bond acceptors (Lipinski definition) is 7. The van der Waals surface area contributed by atoms with Crippen LogP contribution in [0.25, 0.3) is 0 Å². The van der Waals surface area contributed by atoms with Gasteiger partial charge in [0.1, 0.15) is 6.61 Å². The van der Waals surface area contributed by atoms with E-state index in [1.54, 1.807) is 0 Å². The molecular formula is C11H14O7. The minimum Gasteiger partial charge on any atom is -0.483 e. The maximum Gasteiger partial charge on any atom is 0.373 e. The van der Waals surface area contributed by atoms with Crippen molar-refractivity contribution in [3.05, 3.63) is 11.8 Å². The van der Waals surface area contributed by atoms with Gasteiger partial charge in [-0.05, 0) is 0 Å². The first-order valence-electron chi connectivity index (χ1n) is 5.21. The monoisotopic (exact) mass is 258 g/mol. The van der Waals surface area contributed by atoms with Gasteiger partial charge in [-0.25, -0.2) is 4.79 Å². The Kier molecular flexibility index (Phi) is 4.70. The Morgan fingerprint density at radius 1 is 1.22 bits per heavy atom. The predicted molar refractivity (Wildman–Crippen MR) is 57.2 cm³/mol. The van der Waals surface area contributed by atoms with E-state index in [4.69, 9.17) is 14.2 Å². The highest BCUT2D eigenvalue weighted by molar-refractivity contribution is 5.86. The Bertz CT molecular complexity index is 385. The summed E-state index contributed by atoms with van der Waals surface area (Å²) in [6.07, 6.45) is -0.390. The predicted octanol–water partition coefficient (Wildman–Crippen LogP) is -0.0631. The van der Waals surface area contributed by atoms with E-state index in [-0.39, 0.29) is 12.4 Å². The van der Waals surface area contributed by atoms with Crippen molar-refractivity contribution in [2.24, 2.45) is 0 Å². The molecule has 1 rings (SSSR count). The average Bonchev–Trinajstić information content (AvgIpc) is 2.29. The summed E-state index contributed by atoms with van der Waals surface area (Å²) in [5.74, 6) is -1.85. The summed E-state index contributed by atoms with van der Waals surface area (Å²) in [4.78, 5) is 33.1. The summed E-state index contributed by atoms with van der Waals surface area (Å²) in [5.41, 5.74) is 0. The summed E-state index contributed by atoms with van der Waals surface area (Å²) in [6.45, 7) is 2.36. The molecule has 1 aliphatic rings. The molecule has 7 nitrogen and oxygen atoms in total. The van der Waals surface area contributed by atoms with Crippen molar-refractivity contribution >= 4 is 17.9 Å². The van der Waals surface area contributed by atoms with Gasteiger partial charge in [0, 0.05) is 19.9 Å². The molecule has 0 spiro atoms. The average molecular weight is 258 g/mol. The summed E-state index contributed by atoms with van der Waals surface area (Å²) in [7, 11) is 1.20. The molecule has 0 N–H and O–H groups in total. The van der Waals surface area contributed by atoms with Gasteiger partial charge >= 0.3 is 17.9 Å². The van der Waals surface area contributed by atoms with Gasteiger partial charge < -0.3 is 18.9 Å². The van der Waals surface area contributed by atoms with Crippen LogP contribution in [-0.4, -0.2) is 43.8 Å². The molecule has 0 aromatic rings. The zero-order valence-electron chi connectivity index (χ0n) is 10.3. The van der Waals surface area contributed by atoms with Crippen molar-refractivity contribution in [2.45, 2.75) is 26.1 Å². The molecule has 0 aliphatic carbocycles. The van der Waals surface area contributed by atoms with Gasteiger partial charge in [0.15, 0.2) is 12.2 Å². The lowest BCUT2D eigenvalue weighted by Crippen LogP contribution is -2.40. The lowest BCUT2D eigenvalue weighted by molar-refractivity contribution is -0.168. The summed E-state index contributed by atoms with van der Waals surface area (Å²) in [6, 6.07) is 0. The second-order valence-electron chi connectivity index (χ2n) is 3.56. The first-order chi connectivity index (χ1) is 8.43. The summed E-state index contributed by atoms with van der Waals surface area (Å²) < 4.78 is 19.4. The van der Waals surface area contributed by atoms with Gasteiger partial charge in [-0.15, -0.1) is 0 Å². The maximum atomic E-state index is 11.3. The van der Waals surface area contributed by atoms with Gasteiger partial charge in [0.2, 0.25) is 5.76 Å². The molecule has 1 heterocycles. The van der Waals surface area contributed by atoms with Crippen molar-refractivity contribution < 1.29 is 33.3 Å². The molecule has 0 amide bonds. The van der Waals surface area contributed by atoms with E-state index in [1.165, 1.54) is 27.0 Å². The first kappa shape index (κ1) is 14.0. The summed E-state index contributed by atoms with van der Waals surface area (Å²) in [5, 5.41) is 0. The Morgan fingerprint density at radius 2 is 1.83 bits per heavy atom. The van der Waals surface area contributed by atoms with Gasteiger partial charge in [0.25, 0.3) is 0 Å². The van der Waals surface area contributed by atoms with Crippen LogP contribution in [0.15, 0.2) is 11.8 Å². The largest absolute Gasteiger partial charge is 0.483 e. The maximum absolute atomic E-state index is 11.3. The highest BCUT2D eigenvalue weighted by Crippen LogP contribution is 2.18. The Morgan fingerprint density at radius 3 is 2.33 bits per heavy atom.